The van der Waals surface area contributed by atoms with Crippen molar-refractivity contribution in [1.29, 1.82) is 0 Å². The zero-order valence-electron chi connectivity index (χ0n) is 9.82. The predicted octanol–water partition coefficient (Wildman–Crippen LogP) is 2.03. The maximum Gasteiger partial charge on any atom is 0.158 e. The Morgan fingerprint density at radius 2 is 2.22 bits per heavy atom. The second-order valence-corrected chi connectivity index (χ2v) is 7.42. The SMILES string of the molecule is CS(=O)(=O)C1(c2ncc(OCCBr)cc2F)CC1. The molecule has 1 fully saturated rings. The highest BCUT2D eigenvalue weighted by atomic mass is 79.9. The van der Waals surface area contributed by atoms with Crippen LogP contribution in [0.4, 0.5) is 4.39 Å². The molecule has 4 nitrogen and oxygen atoms in total. The van der Waals surface area contributed by atoms with E-state index in [4.69, 9.17) is 4.74 Å². The van der Waals surface area contributed by atoms with Gasteiger partial charge in [0, 0.05) is 17.7 Å². The molecular formula is C11H13BrFNO3S. The lowest BCUT2D eigenvalue weighted by Crippen LogP contribution is -2.22. The Labute approximate surface area is 114 Å². The van der Waals surface area contributed by atoms with Gasteiger partial charge in [0.05, 0.1) is 18.5 Å². The third kappa shape index (κ3) is 2.38. The van der Waals surface area contributed by atoms with E-state index in [0.717, 1.165) is 6.26 Å². The Morgan fingerprint density at radius 3 is 2.67 bits per heavy atom. The summed E-state index contributed by atoms with van der Waals surface area (Å²) in [6.07, 6.45) is 3.34. The number of pyridine rings is 1. The predicted molar refractivity (Wildman–Crippen MR) is 69.2 cm³/mol. The smallest absolute Gasteiger partial charge is 0.158 e. The number of nitrogens with zero attached hydrogens (tertiary/aromatic N) is 1. The summed E-state index contributed by atoms with van der Waals surface area (Å²) in [6.45, 7) is 0.400. The molecule has 1 aromatic heterocycles. The van der Waals surface area contributed by atoms with Gasteiger partial charge in [-0.1, -0.05) is 15.9 Å². The number of ether oxygens (including phenoxy) is 1. The van der Waals surface area contributed by atoms with Crippen LogP contribution in [-0.4, -0.2) is 31.6 Å². The van der Waals surface area contributed by atoms with Gasteiger partial charge in [-0.15, -0.1) is 0 Å². The standard InChI is InChI=1S/C11H13BrFNO3S/c1-18(15,16)11(2-3-11)10-9(13)6-8(7-14-10)17-5-4-12/h6-7H,2-5H2,1H3. The van der Waals surface area contributed by atoms with Crippen molar-refractivity contribution >= 4 is 25.8 Å². The highest BCUT2D eigenvalue weighted by molar-refractivity contribution is 9.09. The van der Waals surface area contributed by atoms with Gasteiger partial charge in [0.1, 0.15) is 16.3 Å². The second-order valence-electron chi connectivity index (χ2n) is 4.31. The molecule has 1 aliphatic rings. The lowest BCUT2D eigenvalue weighted by molar-refractivity contribution is 0.340. The van der Waals surface area contributed by atoms with E-state index in [9.17, 15) is 12.8 Å². The highest BCUT2D eigenvalue weighted by Crippen LogP contribution is 2.52. The first-order valence-electron chi connectivity index (χ1n) is 5.45. The van der Waals surface area contributed by atoms with Gasteiger partial charge in [-0.2, -0.15) is 0 Å². The Bertz CT molecular complexity index is 557. The molecule has 0 N–H and O–H groups in total. The van der Waals surface area contributed by atoms with Crippen LogP contribution in [0.15, 0.2) is 12.3 Å². The monoisotopic (exact) mass is 337 g/mol. The average Bonchev–Trinajstić information content (AvgIpc) is 3.06. The van der Waals surface area contributed by atoms with Gasteiger partial charge in [-0.25, -0.2) is 12.8 Å². The first kappa shape index (κ1) is 13.7. The third-order valence-electron chi connectivity index (χ3n) is 3.01. The van der Waals surface area contributed by atoms with E-state index >= 15 is 0 Å². The minimum absolute atomic E-state index is 0.0104. The number of halogens is 2. The molecule has 0 bridgehead atoms. The quantitative estimate of drug-likeness (QED) is 0.771. The first-order chi connectivity index (χ1) is 8.40. The number of aromatic nitrogens is 1. The molecule has 7 heteroatoms. The van der Waals surface area contributed by atoms with Crippen LogP contribution in [-0.2, 0) is 14.6 Å². The summed E-state index contributed by atoms with van der Waals surface area (Å²) in [7, 11) is -3.35. The van der Waals surface area contributed by atoms with E-state index in [-0.39, 0.29) is 5.69 Å². The fraction of sp³-hybridized carbons (Fsp3) is 0.545. The molecule has 0 aromatic carbocycles. The Morgan fingerprint density at radius 1 is 1.56 bits per heavy atom. The fourth-order valence-electron chi connectivity index (χ4n) is 1.89. The molecule has 0 spiro atoms. The van der Waals surface area contributed by atoms with Crippen molar-refractivity contribution in [3.63, 3.8) is 0 Å². The lowest BCUT2D eigenvalue weighted by Gasteiger charge is -2.14. The van der Waals surface area contributed by atoms with E-state index < -0.39 is 20.4 Å². The van der Waals surface area contributed by atoms with Gasteiger partial charge in [0.25, 0.3) is 0 Å². The summed E-state index contributed by atoms with van der Waals surface area (Å²) in [6, 6.07) is 1.19. The van der Waals surface area contributed by atoms with Crippen molar-refractivity contribution in [2.45, 2.75) is 17.6 Å². The van der Waals surface area contributed by atoms with Gasteiger partial charge in [0.15, 0.2) is 9.84 Å². The Kier molecular flexibility index (Phi) is 3.64. The molecular weight excluding hydrogens is 325 g/mol. The largest absolute Gasteiger partial charge is 0.491 e. The maximum absolute atomic E-state index is 13.9. The van der Waals surface area contributed by atoms with Gasteiger partial charge < -0.3 is 4.74 Å². The summed E-state index contributed by atoms with van der Waals surface area (Å²) >= 11 is 3.19. The molecule has 100 valence electrons. The van der Waals surface area contributed by atoms with Gasteiger partial charge in [-0.3, -0.25) is 4.98 Å². The van der Waals surface area contributed by atoms with Crippen molar-refractivity contribution in [2.24, 2.45) is 0 Å². The molecule has 1 aromatic rings. The van der Waals surface area contributed by atoms with Crippen LogP contribution in [0, 0.1) is 5.82 Å². The number of alkyl halides is 1. The molecule has 0 saturated heterocycles. The number of hydrogen-bond acceptors (Lipinski definition) is 4. The first-order valence-corrected chi connectivity index (χ1v) is 8.46. The number of rotatable bonds is 5. The molecule has 0 unspecified atom stereocenters. The molecule has 2 rings (SSSR count). The molecule has 0 aliphatic heterocycles. The zero-order valence-corrected chi connectivity index (χ0v) is 12.2. The summed E-state index contributed by atoms with van der Waals surface area (Å²) < 4.78 is 41.4. The third-order valence-corrected chi connectivity index (χ3v) is 5.35. The summed E-state index contributed by atoms with van der Waals surface area (Å²) in [4.78, 5) is 3.94. The molecule has 0 atom stereocenters. The molecule has 18 heavy (non-hydrogen) atoms. The van der Waals surface area contributed by atoms with Crippen LogP contribution in [0.3, 0.4) is 0 Å². The van der Waals surface area contributed by atoms with Gasteiger partial charge in [0.2, 0.25) is 0 Å². The van der Waals surface area contributed by atoms with E-state index in [0.29, 0.717) is 30.5 Å². The number of sulfone groups is 1. The topological polar surface area (TPSA) is 56.3 Å². The van der Waals surface area contributed by atoms with Crippen LogP contribution in [0.5, 0.6) is 5.75 Å². The van der Waals surface area contributed by atoms with Crippen LogP contribution in [0.1, 0.15) is 18.5 Å². The maximum atomic E-state index is 13.9. The second kappa shape index (κ2) is 4.77. The van der Waals surface area contributed by atoms with Crippen LogP contribution in [0.2, 0.25) is 0 Å². The van der Waals surface area contributed by atoms with Crippen LogP contribution in [0.25, 0.3) is 0 Å². The molecule has 1 saturated carbocycles. The normalized spacial score (nSPS) is 17.5. The van der Waals surface area contributed by atoms with Crippen molar-refractivity contribution in [3.05, 3.63) is 23.8 Å². The minimum atomic E-state index is -3.35. The average molecular weight is 338 g/mol. The Hall–Kier alpha value is -0.690. The van der Waals surface area contributed by atoms with Crippen molar-refractivity contribution < 1.29 is 17.5 Å². The van der Waals surface area contributed by atoms with E-state index in [1.807, 2.05) is 0 Å². The lowest BCUT2D eigenvalue weighted by atomic mass is 10.2. The molecule has 1 aliphatic carbocycles. The molecule has 1 heterocycles. The van der Waals surface area contributed by atoms with Gasteiger partial charge >= 0.3 is 0 Å². The van der Waals surface area contributed by atoms with E-state index in [2.05, 4.69) is 20.9 Å². The van der Waals surface area contributed by atoms with Crippen LogP contribution >= 0.6 is 15.9 Å². The molecule has 0 amide bonds. The highest BCUT2D eigenvalue weighted by Gasteiger charge is 2.56. The summed E-state index contributed by atoms with van der Waals surface area (Å²) in [5.41, 5.74) is 0.0104. The zero-order chi connectivity index (χ0) is 13.4. The molecule has 0 radical (unpaired) electrons. The number of hydrogen-bond donors (Lipinski definition) is 0. The van der Waals surface area contributed by atoms with Gasteiger partial charge in [-0.05, 0) is 12.8 Å². The van der Waals surface area contributed by atoms with E-state index in [1.165, 1.54) is 12.3 Å². The van der Waals surface area contributed by atoms with Crippen molar-refractivity contribution in [2.75, 3.05) is 18.2 Å². The van der Waals surface area contributed by atoms with Crippen molar-refractivity contribution in [1.82, 2.24) is 4.98 Å². The van der Waals surface area contributed by atoms with Crippen LogP contribution < -0.4 is 4.74 Å². The fourth-order valence-corrected chi connectivity index (χ4v) is 3.39. The Balaban J connectivity index is 2.32. The van der Waals surface area contributed by atoms with Crippen molar-refractivity contribution in [3.8, 4) is 5.75 Å². The minimum Gasteiger partial charge on any atom is -0.491 e. The van der Waals surface area contributed by atoms with E-state index in [1.54, 1.807) is 0 Å². The summed E-state index contributed by atoms with van der Waals surface area (Å²) in [5.74, 6) is -0.315. The summed E-state index contributed by atoms with van der Waals surface area (Å²) in [5, 5.41) is 0.629.